The maximum absolute atomic E-state index is 13.5. The molecule has 306 valence electrons. The van der Waals surface area contributed by atoms with Crippen molar-refractivity contribution in [1.82, 2.24) is 14.9 Å². The van der Waals surface area contributed by atoms with Crippen molar-refractivity contribution in [1.29, 1.82) is 0 Å². The largest absolute Gasteiger partial charge is 0.497 e. The van der Waals surface area contributed by atoms with Gasteiger partial charge in [0.1, 0.15) is 35.2 Å². The number of benzene rings is 4. The highest BCUT2D eigenvalue weighted by molar-refractivity contribution is 7.51. The first kappa shape index (κ1) is 44.7. The van der Waals surface area contributed by atoms with Crippen molar-refractivity contribution in [2.75, 3.05) is 63.0 Å². The topological polar surface area (TPSA) is 109 Å². The minimum atomic E-state index is -3.78. The van der Waals surface area contributed by atoms with Crippen molar-refractivity contribution < 1.29 is 42.0 Å². The molecule has 0 spiro atoms. The number of para-hydroxylation sites is 2. The van der Waals surface area contributed by atoms with E-state index in [1.807, 2.05) is 125 Å². The van der Waals surface area contributed by atoms with E-state index in [9.17, 15) is 4.57 Å². The molecule has 1 N–H and O–H groups in total. The normalized spacial score (nSPS) is 14.8. The number of hydrogen-bond acceptors (Lipinski definition) is 11. The lowest BCUT2D eigenvalue weighted by Crippen LogP contribution is -2.44. The van der Waals surface area contributed by atoms with Crippen LogP contribution in [0.15, 0.2) is 97.1 Å². The van der Waals surface area contributed by atoms with Crippen molar-refractivity contribution in [3.63, 3.8) is 0 Å². The van der Waals surface area contributed by atoms with Gasteiger partial charge >= 0.3 is 7.75 Å². The number of rotatable bonds is 25. The van der Waals surface area contributed by atoms with Gasteiger partial charge in [-0.15, -0.1) is 0 Å². The Hall–Kier alpha value is -3.97. The summed E-state index contributed by atoms with van der Waals surface area (Å²) in [5, 5.41) is 2.65. The van der Waals surface area contributed by atoms with Crippen molar-refractivity contribution in [3.05, 3.63) is 119 Å². The summed E-state index contributed by atoms with van der Waals surface area (Å²) in [6, 6.07) is 32.1. The van der Waals surface area contributed by atoms with Gasteiger partial charge in [-0.25, -0.2) is 9.65 Å². The summed E-state index contributed by atoms with van der Waals surface area (Å²) in [4.78, 5) is 3.85. The van der Waals surface area contributed by atoms with Gasteiger partial charge in [-0.3, -0.25) is 18.8 Å². The second kappa shape index (κ2) is 22.7. The third-order valence-corrected chi connectivity index (χ3v) is 10.7. The molecular formula is C43H60N3O9P. The molecule has 0 aromatic heterocycles. The lowest BCUT2D eigenvalue weighted by molar-refractivity contribution is -0.126. The maximum Gasteiger partial charge on any atom is 0.409 e. The van der Waals surface area contributed by atoms with Crippen LogP contribution in [0, 0.1) is 0 Å². The molecule has 0 amide bonds. The van der Waals surface area contributed by atoms with Crippen LogP contribution in [-0.4, -0.2) is 97.5 Å². The molecule has 12 nitrogen and oxygen atoms in total. The van der Waals surface area contributed by atoms with Crippen LogP contribution >= 0.6 is 7.75 Å². The van der Waals surface area contributed by atoms with Gasteiger partial charge in [0.25, 0.3) is 0 Å². The van der Waals surface area contributed by atoms with E-state index in [0.29, 0.717) is 0 Å². The quantitative estimate of drug-likeness (QED) is 0.0528. The molecule has 4 aromatic carbocycles. The van der Waals surface area contributed by atoms with Gasteiger partial charge in [0.15, 0.2) is 26.0 Å². The molecule has 0 aliphatic heterocycles. The van der Waals surface area contributed by atoms with Crippen LogP contribution in [0.2, 0.25) is 0 Å². The highest BCUT2D eigenvalue weighted by Gasteiger charge is 2.29. The molecule has 0 aliphatic rings. The molecule has 4 aromatic rings. The van der Waals surface area contributed by atoms with Crippen LogP contribution in [0.25, 0.3) is 0 Å². The summed E-state index contributed by atoms with van der Waals surface area (Å²) < 4.78 is 60.5. The third kappa shape index (κ3) is 13.9. The van der Waals surface area contributed by atoms with Gasteiger partial charge in [0.2, 0.25) is 0 Å². The van der Waals surface area contributed by atoms with Crippen LogP contribution in [0.4, 0.5) is 0 Å². The second-order valence-corrected chi connectivity index (χ2v) is 15.8. The van der Waals surface area contributed by atoms with E-state index >= 15 is 0 Å². The number of nitrogens with one attached hydrogen (secondary N) is 1. The fourth-order valence-electron chi connectivity index (χ4n) is 6.11. The highest BCUT2D eigenvalue weighted by atomic mass is 31.2. The second-order valence-electron chi connectivity index (χ2n) is 13.8. The summed E-state index contributed by atoms with van der Waals surface area (Å²) in [5.41, 5.74) is 4.50. The van der Waals surface area contributed by atoms with E-state index in [1.165, 1.54) is 18.2 Å². The zero-order valence-corrected chi connectivity index (χ0v) is 35.2. The summed E-state index contributed by atoms with van der Waals surface area (Å²) >= 11 is 0. The van der Waals surface area contributed by atoms with Crippen LogP contribution in [-0.2, 0) is 48.8 Å². The summed E-state index contributed by atoms with van der Waals surface area (Å²) in [5.74, 6) is 3.19. The number of methoxy groups -OCH3 is 2. The Kier molecular flexibility index (Phi) is 18.1. The average Bonchev–Trinajstić information content (AvgIpc) is 3.20. The summed E-state index contributed by atoms with van der Waals surface area (Å²) in [7, 11) is 8.70. The van der Waals surface area contributed by atoms with Crippen LogP contribution in [0.5, 0.6) is 23.0 Å². The standard InChI is InChI=1S/C43H60N3O9P/c1-32(42(45(4)5)54-40-22-12-10-18-36(40)26-24-34-16-14-20-38(28-34)48-8)50-30-52-56(47,44-3)53-31-51-33(2)43(46(6)7)55-41-23-13-11-19-37(41)27-25-35-17-15-21-39(29-35)49-9/h10-23,28-29,32-33,42-43H,24-27,30-31H2,1-9H3,(H,44,47)/t32?,33?,42-,43-,56?/m0/s1. The summed E-state index contributed by atoms with van der Waals surface area (Å²) in [6.07, 6.45) is 1.36. The van der Waals surface area contributed by atoms with Crippen molar-refractivity contribution in [2.24, 2.45) is 0 Å². The molecule has 0 heterocycles. The Labute approximate surface area is 333 Å². The van der Waals surface area contributed by atoms with E-state index in [4.69, 9.17) is 37.5 Å². The number of likely N-dealkylation sites (N-methyl/N-ethyl adjacent to an activating group) is 2. The smallest absolute Gasteiger partial charge is 0.409 e. The first-order chi connectivity index (χ1) is 26.9. The molecule has 56 heavy (non-hydrogen) atoms. The minimum absolute atomic E-state index is 0.310. The molecule has 2 unspecified atom stereocenters. The van der Waals surface area contributed by atoms with Gasteiger partial charge in [0, 0.05) is 0 Å². The first-order valence-corrected chi connectivity index (χ1v) is 20.4. The number of aryl methyl sites for hydroxylation is 4. The molecule has 4 rings (SSSR count). The van der Waals surface area contributed by atoms with Crippen LogP contribution < -0.4 is 24.0 Å². The SMILES string of the molecule is CNP(=O)(OCOC(C)[C@H](Oc1ccccc1CCc1cccc(OC)c1)N(C)C)OCOC(C)[C@H](Oc1ccccc1CCc1cccc(OC)c1)N(C)C. The number of nitrogens with zero attached hydrogens (tertiary/aromatic N) is 2. The third-order valence-electron chi connectivity index (χ3n) is 9.28. The number of ether oxygens (including phenoxy) is 6. The Morgan fingerprint density at radius 1 is 0.589 bits per heavy atom. The van der Waals surface area contributed by atoms with Gasteiger partial charge in [-0.1, -0.05) is 60.7 Å². The van der Waals surface area contributed by atoms with E-state index in [1.54, 1.807) is 14.2 Å². The molecule has 0 radical (unpaired) electrons. The zero-order valence-electron chi connectivity index (χ0n) is 34.3. The van der Waals surface area contributed by atoms with Crippen LogP contribution in [0.1, 0.15) is 36.1 Å². The Balaban J connectivity index is 1.27. The molecular weight excluding hydrogens is 733 g/mol. The van der Waals surface area contributed by atoms with Crippen LogP contribution in [0.3, 0.4) is 0 Å². The van der Waals surface area contributed by atoms with Crippen molar-refractivity contribution >= 4 is 7.75 Å². The van der Waals surface area contributed by atoms with E-state index in [2.05, 4.69) is 29.4 Å². The molecule has 0 saturated carbocycles. The lowest BCUT2D eigenvalue weighted by atomic mass is 10.0. The van der Waals surface area contributed by atoms with Gasteiger partial charge in [0.05, 0.1) is 14.2 Å². The lowest BCUT2D eigenvalue weighted by Gasteiger charge is -2.32. The van der Waals surface area contributed by atoms with E-state index in [0.717, 1.165) is 59.8 Å². The van der Waals surface area contributed by atoms with Gasteiger partial charge < -0.3 is 28.4 Å². The Bertz CT molecular complexity index is 1680. The molecule has 0 bridgehead atoms. The Morgan fingerprint density at radius 2 is 1.00 bits per heavy atom. The molecule has 0 fully saturated rings. The van der Waals surface area contributed by atoms with E-state index < -0.39 is 32.4 Å². The molecule has 0 saturated heterocycles. The number of hydrogen-bond donors (Lipinski definition) is 1. The van der Waals surface area contributed by atoms with Crippen molar-refractivity contribution in [3.8, 4) is 23.0 Å². The van der Waals surface area contributed by atoms with Gasteiger partial charge in [-0.2, -0.15) is 0 Å². The zero-order chi connectivity index (χ0) is 40.5. The molecule has 4 atom stereocenters. The monoisotopic (exact) mass is 793 g/mol. The fourth-order valence-corrected chi connectivity index (χ4v) is 6.84. The summed E-state index contributed by atoms with van der Waals surface area (Å²) in [6.45, 7) is 3.13. The highest BCUT2D eigenvalue weighted by Crippen LogP contribution is 2.43. The van der Waals surface area contributed by atoms with E-state index in [-0.39, 0.29) is 13.6 Å². The predicted molar refractivity (Wildman–Crippen MR) is 220 cm³/mol. The molecule has 0 aliphatic carbocycles. The van der Waals surface area contributed by atoms with Crippen molar-refractivity contribution in [2.45, 2.75) is 64.2 Å². The fraction of sp³-hybridized carbons (Fsp3) is 0.442. The minimum Gasteiger partial charge on any atom is -0.497 e. The first-order valence-electron chi connectivity index (χ1n) is 18.8. The molecule has 13 heteroatoms. The Morgan fingerprint density at radius 3 is 1.38 bits per heavy atom. The predicted octanol–water partition coefficient (Wildman–Crippen LogP) is 7.59. The van der Waals surface area contributed by atoms with Gasteiger partial charge in [-0.05, 0) is 133 Å². The average molecular weight is 794 g/mol. The maximum atomic E-state index is 13.5.